The Morgan fingerprint density at radius 3 is 2.85 bits per heavy atom. The number of carbonyl (C=O) groups is 1. The summed E-state index contributed by atoms with van der Waals surface area (Å²) in [6, 6.07) is 5.74. The largest absolute Gasteiger partial charge is 0.479 e. The van der Waals surface area contributed by atoms with Gasteiger partial charge >= 0.3 is 5.97 Å². The molecule has 0 bridgehead atoms. The van der Waals surface area contributed by atoms with Crippen molar-refractivity contribution in [1.29, 1.82) is 0 Å². The number of aromatic nitrogens is 4. The molecule has 1 heterocycles. The third-order valence-corrected chi connectivity index (χ3v) is 4.62. The number of benzene rings is 1. The monoisotopic (exact) mass is 450 g/mol. The highest BCUT2D eigenvalue weighted by Crippen LogP contribution is 2.31. The molecule has 0 saturated heterocycles. The first-order valence-corrected chi connectivity index (χ1v) is 7.75. The van der Waals surface area contributed by atoms with E-state index in [0.29, 0.717) is 12.2 Å². The van der Waals surface area contributed by atoms with Gasteiger partial charge in [-0.2, -0.15) is 0 Å². The Kier molecular flexibility index (Phi) is 4.43. The topological polar surface area (TPSA) is 80.9 Å². The molecule has 2 aromatic rings. The van der Waals surface area contributed by atoms with Crippen LogP contribution in [0, 0.1) is 3.57 Å². The molecule has 20 heavy (non-hydrogen) atoms. The smallest absolute Gasteiger partial charge is 0.331 e. The van der Waals surface area contributed by atoms with Crippen molar-refractivity contribution in [1.82, 2.24) is 20.2 Å². The Balaban J connectivity index is 2.64. The third kappa shape index (κ3) is 2.58. The van der Waals surface area contributed by atoms with Crippen LogP contribution in [-0.2, 0) is 10.3 Å². The summed E-state index contributed by atoms with van der Waals surface area (Å²) in [5, 5.41) is 21.0. The molecule has 0 spiro atoms. The van der Waals surface area contributed by atoms with Gasteiger partial charge in [0.25, 0.3) is 0 Å². The van der Waals surface area contributed by atoms with E-state index in [2.05, 4.69) is 54.0 Å². The lowest BCUT2D eigenvalue weighted by Gasteiger charge is -2.24. The van der Waals surface area contributed by atoms with Crippen LogP contribution in [-0.4, -0.2) is 31.3 Å². The summed E-state index contributed by atoms with van der Waals surface area (Å²) in [5.74, 6) is -0.530. The Hall–Kier alpha value is -1.03. The molecule has 1 atom stereocenters. The van der Waals surface area contributed by atoms with Gasteiger partial charge in [0, 0.05) is 13.6 Å². The van der Waals surface area contributed by atoms with Crippen LogP contribution in [0.1, 0.15) is 20.3 Å². The molecule has 8 heteroatoms. The van der Waals surface area contributed by atoms with Gasteiger partial charge in [-0.3, -0.25) is 0 Å². The highest BCUT2D eigenvalue weighted by Gasteiger charge is 2.37. The molecule has 0 radical (unpaired) electrons. The zero-order valence-electron chi connectivity index (χ0n) is 10.8. The van der Waals surface area contributed by atoms with E-state index in [1.54, 1.807) is 13.8 Å². The fourth-order valence-corrected chi connectivity index (χ4v) is 2.66. The summed E-state index contributed by atoms with van der Waals surface area (Å²) < 4.78 is 3.20. The van der Waals surface area contributed by atoms with Crippen LogP contribution in [0.2, 0.25) is 0 Å². The summed E-state index contributed by atoms with van der Waals surface area (Å²) in [6.07, 6.45) is 0.377. The number of aliphatic carboxylic acids is 1. The van der Waals surface area contributed by atoms with Gasteiger partial charge in [0.2, 0.25) is 0 Å². The minimum atomic E-state index is -1.18. The summed E-state index contributed by atoms with van der Waals surface area (Å²) in [7, 11) is 0. The lowest BCUT2D eigenvalue weighted by molar-refractivity contribution is -0.147. The van der Waals surface area contributed by atoms with Gasteiger partial charge in [0.15, 0.2) is 11.4 Å². The first kappa shape index (κ1) is 15.4. The van der Waals surface area contributed by atoms with Crippen LogP contribution in [0.3, 0.4) is 0 Å². The Morgan fingerprint density at radius 1 is 1.55 bits per heavy atom. The Labute approximate surface area is 137 Å². The molecule has 2 rings (SSSR count). The van der Waals surface area contributed by atoms with Crippen molar-refractivity contribution in [3.05, 3.63) is 26.2 Å². The van der Waals surface area contributed by atoms with Crippen LogP contribution in [0.15, 0.2) is 22.7 Å². The van der Waals surface area contributed by atoms with Crippen molar-refractivity contribution < 1.29 is 9.90 Å². The molecule has 1 N–H and O–H groups in total. The fourth-order valence-electron chi connectivity index (χ4n) is 1.75. The van der Waals surface area contributed by atoms with Gasteiger partial charge < -0.3 is 5.11 Å². The summed E-state index contributed by atoms with van der Waals surface area (Å²) in [5.41, 5.74) is -0.414. The first-order valence-electron chi connectivity index (χ1n) is 5.88. The van der Waals surface area contributed by atoms with Gasteiger partial charge in [-0.15, -0.1) is 5.10 Å². The van der Waals surface area contributed by atoms with E-state index < -0.39 is 11.5 Å². The molecule has 0 aliphatic heterocycles. The molecule has 0 fully saturated rings. The number of tetrazole rings is 1. The Morgan fingerprint density at radius 2 is 2.25 bits per heavy atom. The first-order chi connectivity index (χ1) is 9.40. The van der Waals surface area contributed by atoms with Crippen LogP contribution >= 0.6 is 38.5 Å². The molecular formula is C12H12BrIN4O2. The van der Waals surface area contributed by atoms with Crippen molar-refractivity contribution in [2.24, 2.45) is 0 Å². The molecule has 0 amide bonds. The van der Waals surface area contributed by atoms with Gasteiger partial charge in [-0.25, -0.2) is 9.48 Å². The van der Waals surface area contributed by atoms with Crippen LogP contribution in [0.5, 0.6) is 0 Å². The lowest BCUT2D eigenvalue weighted by atomic mass is 9.99. The maximum absolute atomic E-state index is 11.6. The number of carboxylic acids is 1. The molecule has 1 unspecified atom stereocenters. The zero-order valence-corrected chi connectivity index (χ0v) is 14.6. The van der Waals surface area contributed by atoms with Crippen LogP contribution in [0.4, 0.5) is 0 Å². The van der Waals surface area contributed by atoms with E-state index in [0.717, 1.165) is 13.6 Å². The molecule has 106 valence electrons. The number of halogens is 2. The zero-order chi connectivity index (χ0) is 14.9. The highest BCUT2D eigenvalue weighted by molar-refractivity contribution is 14.1. The molecule has 0 aliphatic carbocycles. The average molecular weight is 451 g/mol. The second-order valence-corrected chi connectivity index (χ2v) is 6.57. The Bertz CT molecular complexity index is 661. The van der Waals surface area contributed by atoms with Gasteiger partial charge in [-0.1, -0.05) is 22.9 Å². The van der Waals surface area contributed by atoms with E-state index >= 15 is 0 Å². The summed E-state index contributed by atoms with van der Waals surface area (Å²) >= 11 is 5.64. The number of nitrogens with zero attached hydrogens (tertiary/aromatic N) is 4. The molecule has 6 nitrogen and oxygen atoms in total. The summed E-state index contributed by atoms with van der Waals surface area (Å²) in [6.45, 7) is 3.40. The van der Waals surface area contributed by atoms with Crippen LogP contribution < -0.4 is 0 Å². The highest BCUT2D eigenvalue weighted by atomic mass is 127. The molecule has 0 aliphatic rings. The second-order valence-electron chi connectivity index (χ2n) is 4.47. The average Bonchev–Trinajstić information content (AvgIpc) is 2.90. The molecular weight excluding hydrogens is 439 g/mol. The summed E-state index contributed by atoms with van der Waals surface area (Å²) in [4.78, 5) is 11.6. The van der Waals surface area contributed by atoms with Crippen LogP contribution in [0.25, 0.3) is 11.4 Å². The van der Waals surface area contributed by atoms with E-state index in [1.807, 2.05) is 18.2 Å². The van der Waals surface area contributed by atoms with E-state index in [1.165, 1.54) is 4.68 Å². The third-order valence-electron chi connectivity index (χ3n) is 3.26. The SMILES string of the molecule is CCC(C)(C(=O)O)n1nnnc1-c1cc(I)ccc1Br. The number of rotatable bonds is 4. The van der Waals surface area contributed by atoms with Crippen molar-refractivity contribution >= 4 is 44.5 Å². The van der Waals surface area contributed by atoms with Gasteiger partial charge in [0.1, 0.15) is 0 Å². The lowest BCUT2D eigenvalue weighted by Crippen LogP contribution is -2.39. The standard InChI is InChI=1S/C12H12BrIN4O2/c1-3-12(2,11(19)20)18-10(15-16-17-18)8-6-7(14)4-5-9(8)13/h4-6H,3H2,1-2H3,(H,19,20). The molecule has 0 saturated carbocycles. The van der Waals surface area contributed by atoms with E-state index in [4.69, 9.17) is 0 Å². The predicted octanol–water partition coefficient (Wildman–Crippen LogP) is 2.92. The predicted molar refractivity (Wildman–Crippen MR) is 85.2 cm³/mol. The van der Waals surface area contributed by atoms with Gasteiger partial charge in [-0.05, 0) is 64.6 Å². The van der Waals surface area contributed by atoms with Crippen molar-refractivity contribution in [3.8, 4) is 11.4 Å². The maximum Gasteiger partial charge on any atom is 0.331 e. The number of hydrogen-bond donors (Lipinski definition) is 1. The fraction of sp³-hybridized carbons (Fsp3) is 0.333. The van der Waals surface area contributed by atoms with Crippen molar-refractivity contribution in [3.63, 3.8) is 0 Å². The number of hydrogen-bond acceptors (Lipinski definition) is 4. The minimum absolute atomic E-state index is 0.377. The maximum atomic E-state index is 11.6. The quantitative estimate of drug-likeness (QED) is 0.724. The van der Waals surface area contributed by atoms with Gasteiger partial charge in [0.05, 0.1) is 0 Å². The van der Waals surface area contributed by atoms with Crippen molar-refractivity contribution in [2.75, 3.05) is 0 Å². The molecule has 1 aromatic carbocycles. The second kappa shape index (κ2) is 5.76. The van der Waals surface area contributed by atoms with Crippen molar-refractivity contribution in [2.45, 2.75) is 25.8 Å². The van der Waals surface area contributed by atoms with E-state index in [-0.39, 0.29) is 0 Å². The normalized spacial score (nSPS) is 14.0. The number of carboxylic acid groups (broad SMARTS) is 1. The molecule has 1 aromatic heterocycles. The minimum Gasteiger partial charge on any atom is -0.479 e. The van der Waals surface area contributed by atoms with E-state index in [9.17, 15) is 9.90 Å².